The monoisotopic (exact) mass is 357 g/mol. The van der Waals surface area contributed by atoms with Crippen molar-refractivity contribution in [3.8, 4) is 0 Å². The molecule has 24 heavy (non-hydrogen) atoms. The summed E-state index contributed by atoms with van der Waals surface area (Å²) in [7, 11) is -3.21. The van der Waals surface area contributed by atoms with Gasteiger partial charge >= 0.3 is 6.09 Å². The van der Waals surface area contributed by atoms with E-state index < -0.39 is 38.5 Å². The number of nitrogens with one attached hydrogen (secondary N) is 1. The third-order valence-electron chi connectivity index (χ3n) is 4.83. The van der Waals surface area contributed by atoms with Crippen molar-refractivity contribution in [2.45, 2.75) is 42.2 Å². The molecule has 0 unspecified atom stereocenters. The minimum Gasteiger partial charge on any atom is -0.465 e. The van der Waals surface area contributed by atoms with Gasteiger partial charge in [0.2, 0.25) is 0 Å². The number of carbonyl (C=O) groups is 1. The number of hydrogen-bond acceptors (Lipinski definition) is 5. The third-order valence-corrected chi connectivity index (χ3v) is 7.65. The van der Waals surface area contributed by atoms with Gasteiger partial charge in [-0.05, 0) is 44.4 Å². The molecule has 7 nitrogen and oxygen atoms in total. The second-order valence-corrected chi connectivity index (χ2v) is 8.78. The highest BCUT2D eigenvalue weighted by Crippen LogP contribution is 2.64. The summed E-state index contributed by atoms with van der Waals surface area (Å²) in [6.07, 6.45) is 0.217. The topological polar surface area (TPSA) is 128 Å². The Morgan fingerprint density at radius 2 is 2.17 bits per heavy atom. The van der Waals surface area contributed by atoms with E-state index in [2.05, 4.69) is 10.3 Å². The van der Waals surface area contributed by atoms with E-state index in [1.165, 1.54) is 18.2 Å². The molecule has 1 saturated heterocycles. The molecule has 0 radical (unpaired) electrons. The van der Waals surface area contributed by atoms with Crippen molar-refractivity contribution in [3.05, 3.63) is 29.6 Å². The Morgan fingerprint density at radius 1 is 1.46 bits per heavy atom. The second-order valence-electron chi connectivity index (χ2n) is 6.36. The number of benzene rings is 1. The Bertz CT molecular complexity index is 727. The van der Waals surface area contributed by atoms with Gasteiger partial charge in [-0.2, -0.15) is 10.6 Å². The third kappa shape index (κ3) is 2.52. The first-order chi connectivity index (χ1) is 11.2. The highest BCUT2D eigenvalue weighted by atomic mass is 32.3. The van der Waals surface area contributed by atoms with Gasteiger partial charge in [0, 0.05) is 11.3 Å². The largest absolute Gasteiger partial charge is 0.465 e. The van der Waals surface area contributed by atoms with Crippen LogP contribution < -0.4 is 11.1 Å². The standard InChI is InChI=1S/C15H20FN3O4S/c1-15(9-7-8(17)5-6-10(9)16)12-4-2-3-11(24(12,22)23)13(19-15)18-14(20)21/h5-7,11-12,22-23H,2-4,17H2,1H3,(H,18,19)(H,20,21)/t11-,12+,15-/m1/s1. The van der Waals surface area contributed by atoms with Crippen LogP contribution in [0.25, 0.3) is 0 Å². The summed E-state index contributed by atoms with van der Waals surface area (Å²) in [4.78, 5) is 15.5. The van der Waals surface area contributed by atoms with Gasteiger partial charge < -0.3 is 10.8 Å². The number of anilines is 1. The fraction of sp³-hybridized carbons (Fsp3) is 0.467. The van der Waals surface area contributed by atoms with E-state index in [0.717, 1.165) is 0 Å². The molecule has 6 N–H and O–H groups in total. The highest BCUT2D eigenvalue weighted by molar-refractivity contribution is 8.26. The van der Waals surface area contributed by atoms with Crippen molar-refractivity contribution in [2.75, 3.05) is 5.73 Å². The van der Waals surface area contributed by atoms with Gasteiger partial charge in [-0.25, -0.2) is 9.18 Å². The molecule has 0 aliphatic carbocycles. The van der Waals surface area contributed by atoms with Crippen molar-refractivity contribution in [1.82, 2.24) is 5.32 Å². The number of carboxylic acid groups (broad SMARTS) is 1. The summed E-state index contributed by atoms with van der Waals surface area (Å²) in [5.41, 5.74) is 4.91. The number of nitrogen functional groups attached to an aromatic ring is 1. The molecule has 1 fully saturated rings. The number of aliphatic imine (C=N–C) groups is 1. The van der Waals surface area contributed by atoms with Crippen LogP contribution in [0.5, 0.6) is 0 Å². The minimum atomic E-state index is -3.21. The van der Waals surface area contributed by atoms with E-state index in [4.69, 9.17) is 10.8 Å². The predicted molar refractivity (Wildman–Crippen MR) is 91.0 cm³/mol. The fourth-order valence-corrected chi connectivity index (χ4v) is 6.45. The van der Waals surface area contributed by atoms with Crippen molar-refractivity contribution in [2.24, 2.45) is 4.99 Å². The molecule has 0 aromatic heterocycles. The van der Waals surface area contributed by atoms with E-state index in [-0.39, 0.29) is 11.4 Å². The molecular weight excluding hydrogens is 337 g/mol. The summed E-state index contributed by atoms with van der Waals surface area (Å²) in [5.74, 6) is -0.591. The number of nitrogens with two attached hydrogens (primary N) is 1. The quantitative estimate of drug-likeness (QED) is 0.494. The van der Waals surface area contributed by atoms with Crippen molar-refractivity contribution >= 4 is 28.2 Å². The Hall–Kier alpha value is -1.84. The second kappa shape index (κ2) is 5.61. The highest BCUT2D eigenvalue weighted by Gasteiger charge is 2.55. The number of nitrogens with zero attached hydrogens (tertiary/aromatic N) is 1. The molecule has 3 atom stereocenters. The fourth-order valence-electron chi connectivity index (χ4n) is 3.73. The normalized spacial score (nSPS) is 32.6. The lowest BCUT2D eigenvalue weighted by atomic mass is 9.84. The van der Waals surface area contributed by atoms with Crippen molar-refractivity contribution in [3.63, 3.8) is 0 Å². The lowest BCUT2D eigenvalue weighted by molar-refractivity contribution is 0.199. The number of hydrogen-bond donors (Lipinski definition) is 5. The molecule has 1 amide bonds. The van der Waals surface area contributed by atoms with Crippen LogP contribution in [-0.4, -0.2) is 36.6 Å². The van der Waals surface area contributed by atoms with Crippen LogP contribution in [0.2, 0.25) is 0 Å². The first-order valence-electron chi connectivity index (χ1n) is 7.57. The molecule has 2 aliphatic rings. The Kier molecular flexibility index (Phi) is 3.97. The molecule has 9 heteroatoms. The van der Waals surface area contributed by atoms with E-state index in [1.807, 2.05) is 0 Å². The lowest BCUT2D eigenvalue weighted by Crippen LogP contribution is -2.56. The van der Waals surface area contributed by atoms with Gasteiger partial charge in [-0.15, -0.1) is 0 Å². The summed E-state index contributed by atoms with van der Waals surface area (Å²) in [6, 6.07) is 4.03. The van der Waals surface area contributed by atoms with Crippen LogP contribution >= 0.6 is 10.6 Å². The Morgan fingerprint density at radius 3 is 2.83 bits per heavy atom. The minimum absolute atomic E-state index is 0.0252. The van der Waals surface area contributed by atoms with Gasteiger partial charge in [-0.3, -0.25) is 19.4 Å². The summed E-state index contributed by atoms with van der Waals surface area (Å²) < 4.78 is 36.0. The smallest absolute Gasteiger partial charge is 0.410 e. The van der Waals surface area contributed by atoms with Gasteiger partial charge in [0.15, 0.2) is 0 Å². The van der Waals surface area contributed by atoms with E-state index in [1.54, 1.807) is 6.92 Å². The molecule has 3 rings (SSSR count). The van der Waals surface area contributed by atoms with Crippen molar-refractivity contribution in [1.29, 1.82) is 0 Å². The molecule has 2 bridgehead atoms. The number of amides is 1. The van der Waals surface area contributed by atoms with Gasteiger partial charge in [-0.1, -0.05) is 0 Å². The number of fused-ring (bicyclic) bond motifs is 2. The van der Waals surface area contributed by atoms with Gasteiger partial charge in [0.05, 0.1) is 5.25 Å². The van der Waals surface area contributed by atoms with Crippen LogP contribution in [0.15, 0.2) is 23.2 Å². The van der Waals surface area contributed by atoms with E-state index in [9.17, 15) is 18.3 Å². The summed E-state index contributed by atoms with van der Waals surface area (Å²) >= 11 is 0. The van der Waals surface area contributed by atoms with Crippen LogP contribution in [-0.2, 0) is 5.54 Å². The number of halogens is 1. The zero-order valence-electron chi connectivity index (χ0n) is 13.1. The molecular formula is C15H20FN3O4S. The average Bonchev–Trinajstić information content (AvgIpc) is 2.45. The van der Waals surface area contributed by atoms with Crippen molar-refractivity contribution < 1.29 is 23.4 Å². The molecule has 0 spiro atoms. The zero-order chi connectivity index (χ0) is 17.7. The number of amidine groups is 1. The van der Waals surface area contributed by atoms with Gasteiger partial charge in [0.25, 0.3) is 0 Å². The lowest BCUT2D eigenvalue weighted by Gasteiger charge is -2.57. The maximum Gasteiger partial charge on any atom is 0.410 e. The SMILES string of the molecule is C[C@]1(c2cc(N)ccc2F)N=C(NC(=O)O)[C@H]2CCC[C@@H]1S2(O)O. The van der Waals surface area contributed by atoms with E-state index in [0.29, 0.717) is 24.9 Å². The molecule has 1 aromatic rings. The average molecular weight is 357 g/mol. The van der Waals surface area contributed by atoms with Crippen LogP contribution in [0.4, 0.5) is 14.9 Å². The molecule has 2 aliphatic heterocycles. The first kappa shape index (κ1) is 17.0. The molecule has 1 aromatic carbocycles. The molecule has 2 heterocycles. The van der Waals surface area contributed by atoms with Crippen LogP contribution in [0, 0.1) is 5.82 Å². The Labute approximate surface area is 140 Å². The van der Waals surface area contributed by atoms with Crippen LogP contribution in [0.1, 0.15) is 31.7 Å². The summed E-state index contributed by atoms with van der Waals surface area (Å²) in [6.45, 7) is 1.59. The maximum absolute atomic E-state index is 14.5. The van der Waals surface area contributed by atoms with Gasteiger partial charge in [0.1, 0.15) is 22.4 Å². The number of rotatable bonds is 1. The predicted octanol–water partition coefficient (Wildman–Crippen LogP) is 2.97. The Balaban J connectivity index is 2.22. The molecule has 0 saturated carbocycles. The van der Waals surface area contributed by atoms with Crippen LogP contribution in [0.3, 0.4) is 0 Å². The van der Waals surface area contributed by atoms with E-state index >= 15 is 0 Å². The first-order valence-corrected chi connectivity index (χ1v) is 9.24. The zero-order valence-corrected chi connectivity index (χ0v) is 13.9. The maximum atomic E-state index is 14.5. The molecule has 132 valence electrons. The summed E-state index contributed by atoms with van der Waals surface area (Å²) in [5, 5.41) is 9.73.